The second kappa shape index (κ2) is 5.70. The van der Waals surface area contributed by atoms with Gasteiger partial charge in [0.05, 0.1) is 5.69 Å². The fourth-order valence-electron chi connectivity index (χ4n) is 1.57. The molecule has 20 heavy (non-hydrogen) atoms. The van der Waals surface area contributed by atoms with Crippen LogP contribution in [0.15, 0.2) is 30.3 Å². The Bertz CT molecular complexity index is 639. The summed E-state index contributed by atoms with van der Waals surface area (Å²) in [6, 6.07) is 8.56. The summed E-state index contributed by atoms with van der Waals surface area (Å²) in [6.07, 6.45) is -0.664. The first kappa shape index (κ1) is 14.0. The summed E-state index contributed by atoms with van der Waals surface area (Å²) in [6.45, 7) is 1.58. The normalized spacial score (nSPS) is 10.1. The van der Waals surface area contributed by atoms with Crippen LogP contribution in [0.5, 0.6) is 5.75 Å². The molecule has 6 nitrogen and oxygen atoms in total. The molecule has 1 amide bonds. The van der Waals surface area contributed by atoms with Gasteiger partial charge in [-0.2, -0.15) is 4.37 Å². The smallest absolute Gasteiger partial charge is 0.420 e. The van der Waals surface area contributed by atoms with Crippen LogP contribution in [0.4, 0.5) is 9.80 Å². The number of carbonyl (C=O) groups is 2. The average molecular weight is 292 g/mol. The van der Waals surface area contributed by atoms with Crippen LogP contribution in [-0.4, -0.2) is 28.6 Å². The third kappa shape index (κ3) is 2.77. The molecule has 0 fully saturated rings. The molecule has 0 bridgehead atoms. The summed E-state index contributed by atoms with van der Waals surface area (Å²) in [4.78, 5) is 24.3. The maximum Gasteiger partial charge on any atom is 0.420 e. The van der Waals surface area contributed by atoms with Crippen LogP contribution in [0.1, 0.15) is 16.1 Å². The van der Waals surface area contributed by atoms with Gasteiger partial charge in [-0.05, 0) is 30.6 Å². The molecule has 1 aromatic heterocycles. The lowest BCUT2D eigenvalue weighted by atomic mass is 10.2. The molecule has 104 valence electrons. The van der Waals surface area contributed by atoms with Gasteiger partial charge in [-0.25, -0.2) is 9.59 Å². The van der Waals surface area contributed by atoms with Crippen molar-refractivity contribution in [3.63, 3.8) is 0 Å². The summed E-state index contributed by atoms with van der Waals surface area (Å²) in [5, 5.41) is 9.39. The first-order chi connectivity index (χ1) is 9.50. The van der Waals surface area contributed by atoms with E-state index in [1.807, 2.05) is 0 Å². The Morgan fingerprint density at radius 1 is 1.30 bits per heavy atom. The molecule has 0 aliphatic carbocycles. The van der Waals surface area contributed by atoms with Crippen molar-refractivity contribution >= 4 is 28.6 Å². The molecule has 1 heterocycles. The molecular weight excluding hydrogens is 280 g/mol. The Hall–Kier alpha value is -2.41. The van der Waals surface area contributed by atoms with Gasteiger partial charge in [-0.1, -0.05) is 18.2 Å². The lowest BCUT2D eigenvalue weighted by Crippen LogP contribution is -2.30. The van der Waals surface area contributed by atoms with Gasteiger partial charge in [0.25, 0.3) is 0 Å². The van der Waals surface area contributed by atoms with Gasteiger partial charge in [0.2, 0.25) is 0 Å². The van der Waals surface area contributed by atoms with E-state index in [0.29, 0.717) is 11.4 Å². The molecule has 0 aliphatic heterocycles. The van der Waals surface area contributed by atoms with E-state index in [-0.39, 0.29) is 10.6 Å². The Morgan fingerprint density at radius 3 is 2.55 bits per heavy atom. The number of nitrogens with zero attached hydrogens (tertiary/aromatic N) is 2. The lowest BCUT2D eigenvalue weighted by Gasteiger charge is -2.15. The Kier molecular flexibility index (Phi) is 3.99. The number of hydrogen-bond acceptors (Lipinski definition) is 5. The molecule has 2 aromatic rings. The van der Waals surface area contributed by atoms with E-state index in [4.69, 9.17) is 9.84 Å². The molecule has 1 N–H and O–H groups in total. The van der Waals surface area contributed by atoms with Gasteiger partial charge in [0.15, 0.2) is 0 Å². The molecule has 7 heteroatoms. The maximum atomic E-state index is 12.0. The average Bonchev–Trinajstić information content (AvgIpc) is 2.81. The quantitative estimate of drug-likeness (QED) is 0.941. The molecular formula is C13H12N2O4S. The number of para-hydroxylation sites is 1. The number of carboxylic acid groups (broad SMARTS) is 1. The first-order valence-electron chi connectivity index (χ1n) is 5.71. The number of carboxylic acids is 1. The fraction of sp³-hybridized carbons (Fsp3) is 0.154. The van der Waals surface area contributed by atoms with Crippen molar-refractivity contribution in [1.82, 2.24) is 4.37 Å². The van der Waals surface area contributed by atoms with Gasteiger partial charge in [0, 0.05) is 7.05 Å². The number of benzene rings is 1. The third-order valence-electron chi connectivity index (χ3n) is 2.59. The van der Waals surface area contributed by atoms with E-state index in [9.17, 15) is 9.59 Å². The van der Waals surface area contributed by atoms with E-state index >= 15 is 0 Å². The van der Waals surface area contributed by atoms with Crippen LogP contribution >= 0.6 is 11.5 Å². The lowest BCUT2D eigenvalue weighted by molar-refractivity contribution is 0.0697. The number of aromatic carboxylic acids is 1. The predicted molar refractivity (Wildman–Crippen MR) is 74.7 cm³/mol. The largest absolute Gasteiger partial charge is 0.478 e. The third-order valence-corrected chi connectivity index (χ3v) is 3.60. The van der Waals surface area contributed by atoms with E-state index in [1.165, 1.54) is 7.05 Å². The van der Waals surface area contributed by atoms with Crippen molar-refractivity contribution in [3.8, 4) is 5.75 Å². The Morgan fingerprint density at radius 2 is 1.95 bits per heavy atom. The van der Waals surface area contributed by atoms with E-state index in [1.54, 1.807) is 37.3 Å². The minimum Gasteiger partial charge on any atom is -0.478 e. The number of hydrogen-bond donors (Lipinski definition) is 1. The summed E-state index contributed by atoms with van der Waals surface area (Å²) >= 11 is 0.946. The summed E-state index contributed by atoms with van der Waals surface area (Å²) in [5.41, 5.74) is 0.388. The van der Waals surface area contributed by atoms with Gasteiger partial charge in [-0.3, -0.25) is 4.90 Å². The molecule has 0 saturated carbocycles. The van der Waals surface area contributed by atoms with Crippen LogP contribution < -0.4 is 9.64 Å². The molecule has 0 saturated heterocycles. The molecule has 0 atom stereocenters. The Labute approximate surface area is 119 Å². The standard InChI is InChI=1S/C13H12N2O4S/c1-8-10(12(16)17)11(20-14-8)15(2)13(18)19-9-6-4-3-5-7-9/h3-7H,1-2H3,(H,16,17). The highest BCUT2D eigenvalue weighted by atomic mass is 32.1. The minimum atomic E-state index is -1.12. The highest BCUT2D eigenvalue weighted by Crippen LogP contribution is 2.28. The van der Waals surface area contributed by atoms with Crippen LogP contribution in [0, 0.1) is 6.92 Å². The highest BCUT2D eigenvalue weighted by molar-refractivity contribution is 7.11. The predicted octanol–water partition coefficient (Wildman–Crippen LogP) is 2.78. The summed E-state index contributed by atoms with van der Waals surface area (Å²) < 4.78 is 9.11. The van der Waals surface area contributed by atoms with Crippen LogP contribution in [0.2, 0.25) is 0 Å². The minimum absolute atomic E-state index is 0.0162. The van der Waals surface area contributed by atoms with Crippen LogP contribution in [0.25, 0.3) is 0 Å². The van der Waals surface area contributed by atoms with E-state index in [0.717, 1.165) is 16.4 Å². The van der Waals surface area contributed by atoms with Crippen molar-refractivity contribution in [2.24, 2.45) is 0 Å². The maximum absolute atomic E-state index is 12.0. The zero-order valence-corrected chi connectivity index (χ0v) is 11.7. The van der Waals surface area contributed by atoms with Gasteiger partial charge < -0.3 is 9.84 Å². The number of aromatic nitrogens is 1. The van der Waals surface area contributed by atoms with Crippen LogP contribution in [-0.2, 0) is 0 Å². The van der Waals surface area contributed by atoms with Crippen molar-refractivity contribution < 1.29 is 19.4 Å². The topological polar surface area (TPSA) is 79.7 Å². The monoisotopic (exact) mass is 292 g/mol. The SMILES string of the molecule is Cc1nsc(N(C)C(=O)Oc2ccccc2)c1C(=O)O. The number of anilines is 1. The molecule has 0 unspecified atom stereocenters. The molecule has 0 spiro atoms. The van der Waals surface area contributed by atoms with E-state index in [2.05, 4.69) is 4.37 Å². The molecule has 2 rings (SSSR count). The zero-order chi connectivity index (χ0) is 14.7. The first-order valence-corrected chi connectivity index (χ1v) is 6.48. The second-order valence-electron chi connectivity index (χ2n) is 3.99. The zero-order valence-electron chi connectivity index (χ0n) is 10.9. The number of ether oxygens (including phenoxy) is 1. The van der Waals surface area contributed by atoms with Gasteiger partial charge in [-0.15, -0.1) is 0 Å². The van der Waals surface area contributed by atoms with E-state index < -0.39 is 12.1 Å². The fourth-order valence-corrected chi connectivity index (χ4v) is 2.41. The highest BCUT2D eigenvalue weighted by Gasteiger charge is 2.24. The molecule has 0 radical (unpaired) electrons. The van der Waals surface area contributed by atoms with Crippen LogP contribution in [0.3, 0.4) is 0 Å². The summed E-state index contributed by atoms with van der Waals surface area (Å²) in [5.74, 6) is -0.729. The number of aryl methyl sites for hydroxylation is 1. The van der Waals surface area contributed by atoms with Crippen molar-refractivity contribution in [3.05, 3.63) is 41.6 Å². The van der Waals surface area contributed by atoms with Gasteiger partial charge >= 0.3 is 12.1 Å². The summed E-state index contributed by atoms with van der Waals surface area (Å²) in [7, 11) is 1.45. The van der Waals surface area contributed by atoms with Crippen molar-refractivity contribution in [2.75, 3.05) is 11.9 Å². The number of rotatable bonds is 3. The molecule has 1 aromatic carbocycles. The number of amides is 1. The Balaban J connectivity index is 2.21. The van der Waals surface area contributed by atoms with Crippen molar-refractivity contribution in [2.45, 2.75) is 6.92 Å². The number of carbonyl (C=O) groups excluding carboxylic acids is 1. The van der Waals surface area contributed by atoms with Crippen molar-refractivity contribution in [1.29, 1.82) is 0 Å². The second-order valence-corrected chi connectivity index (χ2v) is 4.75. The van der Waals surface area contributed by atoms with Gasteiger partial charge in [0.1, 0.15) is 16.3 Å². The molecule has 0 aliphatic rings.